The van der Waals surface area contributed by atoms with Crippen LogP contribution in [0, 0.1) is 0 Å². The second-order valence-corrected chi connectivity index (χ2v) is 6.91. The van der Waals surface area contributed by atoms with Gasteiger partial charge in [0.2, 0.25) is 0 Å². The maximum atomic E-state index is 11.4. The Hall–Kier alpha value is -2.13. The number of hydrogen-bond acceptors (Lipinski definition) is 2. The van der Waals surface area contributed by atoms with Crippen molar-refractivity contribution in [2.75, 3.05) is 0 Å². The molecule has 0 aliphatic heterocycles. The Labute approximate surface area is 138 Å². The van der Waals surface area contributed by atoms with Crippen LogP contribution in [0.15, 0.2) is 54.6 Å². The van der Waals surface area contributed by atoms with E-state index in [9.17, 15) is 9.90 Å². The van der Waals surface area contributed by atoms with E-state index in [1.807, 2.05) is 30.3 Å². The summed E-state index contributed by atoms with van der Waals surface area (Å²) in [5.41, 5.74) is 3.52. The zero-order chi connectivity index (χ0) is 16.9. The van der Waals surface area contributed by atoms with Gasteiger partial charge < -0.3 is 10.4 Å². The molecule has 2 rings (SSSR count). The Kier molecular flexibility index (Phi) is 5.56. The number of rotatable bonds is 6. The van der Waals surface area contributed by atoms with Gasteiger partial charge >= 0.3 is 5.97 Å². The molecule has 1 atom stereocenters. The van der Waals surface area contributed by atoms with E-state index in [0.29, 0.717) is 13.0 Å². The van der Waals surface area contributed by atoms with E-state index in [0.717, 1.165) is 11.1 Å². The fourth-order valence-electron chi connectivity index (χ4n) is 2.46. The monoisotopic (exact) mass is 311 g/mol. The quantitative estimate of drug-likeness (QED) is 0.854. The molecule has 0 aliphatic carbocycles. The number of carbonyl (C=O) groups is 1. The van der Waals surface area contributed by atoms with Crippen LogP contribution in [-0.2, 0) is 23.2 Å². The lowest BCUT2D eigenvalue weighted by Gasteiger charge is -2.19. The van der Waals surface area contributed by atoms with E-state index in [-0.39, 0.29) is 5.41 Å². The lowest BCUT2D eigenvalue weighted by Crippen LogP contribution is -2.38. The predicted octanol–water partition coefficient (Wildman–Crippen LogP) is 3.77. The summed E-state index contributed by atoms with van der Waals surface area (Å²) in [6.45, 7) is 7.09. The fraction of sp³-hybridized carbons (Fsp3) is 0.350. The van der Waals surface area contributed by atoms with Gasteiger partial charge in [0.25, 0.3) is 0 Å². The molecular weight excluding hydrogens is 286 g/mol. The third-order valence-corrected chi connectivity index (χ3v) is 3.95. The second-order valence-electron chi connectivity index (χ2n) is 6.91. The van der Waals surface area contributed by atoms with Crippen molar-refractivity contribution < 1.29 is 9.90 Å². The van der Waals surface area contributed by atoms with Crippen molar-refractivity contribution in [1.29, 1.82) is 0 Å². The Morgan fingerprint density at radius 1 is 1.00 bits per heavy atom. The molecule has 2 aromatic rings. The maximum Gasteiger partial charge on any atom is 0.321 e. The van der Waals surface area contributed by atoms with Crippen LogP contribution >= 0.6 is 0 Å². The van der Waals surface area contributed by atoms with Crippen LogP contribution in [0.25, 0.3) is 0 Å². The molecule has 0 aromatic heterocycles. The van der Waals surface area contributed by atoms with Crippen molar-refractivity contribution in [2.45, 2.75) is 45.2 Å². The molecule has 0 heterocycles. The van der Waals surface area contributed by atoms with E-state index in [4.69, 9.17) is 0 Å². The van der Waals surface area contributed by atoms with Gasteiger partial charge in [0.15, 0.2) is 0 Å². The second kappa shape index (κ2) is 7.42. The average Bonchev–Trinajstić information content (AvgIpc) is 2.51. The van der Waals surface area contributed by atoms with Gasteiger partial charge in [-0.3, -0.25) is 4.79 Å². The Morgan fingerprint density at radius 2 is 1.61 bits per heavy atom. The molecule has 0 amide bonds. The zero-order valence-electron chi connectivity index (χ0n) is 14.0. The van der Waals surface area contributed by atoms with Crippen LogP contribution in [0.5, 0.6) is 0 Å². The first kappa shape index (κ1) is 17.2. The molecule has 0 saturated carbocycles. The van der Waals surface area contributed by atoms with Gasteiger partial charge in [-0.25, -0.2) is 0 Å². The topological polar surface area (TPSA) is 49.3 Å². The van der Waals surface area contributed by atoms with Crippen molar-refractivity contribution in [3.63, 3.8) is 0 Å². The molecule has 0 bridgehead atoms. The standard InChI is InChI=1S/C20H25NO2/c1-20(2,3)17-11-9-16(10-12-17)14-21-18(19(22)23)13-15-7-5-4-6-8-15/h4-12,18,21H,13-14H2,1-3H3,(H,22,23)/t18-/m1/s1. The SMILES string of the molecule is CC(C)(C)c1ccc(CN[C@H](Cc2ccccc2)C(=O)O)cc1. The summed E-state index contributed by atoms with van der Waals surface area (Å²) >= 11 is 0. The maximum absolute atomic E-state index is 11.4. The van der Waals surface area contributed by atoms with Crippen LogP contribution in [0.2, 0.25) is 0 Å². The summed E-state index contributed by atoms with van der Waals surface area (Å²) in [4.78, 5) is 11.4. The van der Waals surface area contributed by atoms with Crippen molar-refractivity contribution in [3.8, 4) is 0 Å². The minimum Gasteiger partial charge on any atom is -0.480 e. The summed E-state index contributed by atoms with van der Waals surface area (Å²) < 4.78 is 0. The Bertz CT molecular complexity index is 627. The Morgan fingerprint density at radius 3 is 2.13 bits per heavy atom. The van der Waals surface area contributed by atoms with Crippen molar-refractivity contribution in [2.24, 2.45) is 0 Å². The summed E-state index contributed by atoms with van der Waals surface area (Å²) in [6.07, 6.45) is 0.482. The van der Waals surface area contributed by atoms with Gasteiger partial charge in [-0.1, -0.05) is 75.4 Å². The van der Waals surface area contributed by atoms with E-state index in [2.05, 4.69) is 50.4 Å². The van der Waals surface area contributed by atoms with Crippen molar-refractivity contribution in [3.05, 3.63) is 71.3 Å². The molecule has 0 fully saturated rings. The molecule has 2 N–H and O–H groups in total. The molecule has 0 unspecified atom stereocenters. The number of nitrogens with one attached hydrogen (secondary N) is 1. The van der Waals surface area contributed by atoms with E-state index >= 15 is 0 Å². The van der Waals surface area contributed by atoms with E-state index in [1.54, 1.807) is 0 Å². The zero-order valence-corrected chi connectivity index (χ0v) is 14.0. The highest BCUT2D eigenvalue weighted by Crippen LogP contribution is 2.22. The summed E-state index contributed by atoms with van der Waals surface area (Å²) in [7, 11) is 0. The summed E-state index contributed by atoms with van der Waals surface area (Å²) in [6, 6.07) is 17.5. The molecule has 122 valence electrons. The number of hydrogen-bond donors (Lipinski definition) is 2. The largest absolute Gasteiger partial charge is 0.480 e. The molecule has 0 spiro atoms. The van der Waals surface area contributed by atoms with E-state index < -0.39 is 12.0 Å². The first-order valence-electron chi connectivity index (χ1n) is 7.96. The molecule has 0 radical (unpaired) electrons. The van der Waals surface area contributed by atoms with Crippen LogP contribution in [0.3, 0.4) is 0 Å². The van der Waals surface area contributed by atoms with Crippen LogP contribution < -0.4 is 5.32 Å². The van der Waals surface area contributed by atoms with Gasteiger partial charge in [-0.15, -0.1) is 0 Å². The molecule has 3 heteroatoms. The summed E-state index contributed by atoms with van der Waals surface area (Å²) in [5, 5.41) is 12.5. The van der Waals surface area contributed by atoms with Crippen LogP contribution in [0.1, 0.15) is 37.5 Å². The highest BCUT2D eigenvalue weighted by Gasteiger charge is 2.17. The molecule has 0 saturated heterocycles. The van der Waals surface area contributed by atoms with Crippen molar-refractivity contribution in [1.82, 2.24) is 5.32 Å². The smallest absolute Gasteiger partial charge is 0.321 e. The highest BCUT2D eigenvalue weighted by atomic mass is 16.4. The number of carboxylic acid groups (broad SMARTS) is 1. The molecule has 3 nitrogen and oxygen atoms in total. The molecule has 0 aliphatic rings. The number of aliphatic carboxylic acids is 1. The minimum absolute atomic E-state index is 0.128. The van der Waals surface area contributed by atoms with Gasteiger partial charge in [0.05, 0.1) is 0 Å². The molecule has 2 aromatic carbocycles. The van der Waals surface area contributed by atoms with E-state index in [1.165, 1.54) is 5.56 Å². The number of carboxylic acids is 1. The lowest BCUT2D eigenvalue weighted by atomic mass is 9.87. The molecule has 23 heavy (non-hydrogen) atoms. The van der Waals surface area contributed by atoms with Gasteiger partial charge in [-0.05, 0) is 28.5 Å². The van der Waals surface area contributed by atoms with Gasteiger partial charge in [0.1, 0.15) is 6.04 Å². The number of benzene rings is 2. The third kappa shape index (κ3) is 5.22. The van der Waals surface area contributed by atoms with Crippen molar-refractivity contribution >= 4 is 5.97 Å². The predicted molar refractivity (Wildman–Crippen MR) is 93.6 cm³/mol. The third-order valence-electron chi connectivity index (χ3n) is 3.95. The van der Waals surface area contributed by atoms with Gasteiger partial charge in [0, 0.05) is 6.54 Å². The lowest BCUT2D eigenvalue weighted by molar-refractivity contribution is -0.139. The first-order valence-corrected chi connectivity index (χ1v) is 7.96. The van der Waals surface area contributed by atoms with Gasteiger partial charge in [-0.2, -0.15) is 0 Å². The average molecular weight is 311 g/mol. The summed E-state index contributed by atoms with van der Waals surface area (Å²) in [5.74, 6) is -0.819. The fourth-order valence-corrected chi connectivity index (χ4v) is 2.46. The Balaban J connectivity index is 1.97. The van der Waals surface area contributed by atoms with Crippen LogP contribution in [0.4, 0.5) is 0 Å². The highest BCUT2D eigenvalue weighted by molar-refractivity contribution is 5.73. The normalized spacial score (nSPS) is 12.8. The molecular formula is C20H25NO2. The first-order chi connectivity index (χ1) is 10.9. The van der Waals surface area contributed by atoms with Crippen LogP contribution in [-0.4, -0.2) is 17.1 Å². The minimum atomic E-state index is -0.819.